The predicted molar refractivity (Wildman–Crippen MR) is 167 cm³/mol. The number of sulfonamides is 1. The van der Waals surface area contributed by atoms with Gasteiger partial charge in [-0.3, -0.25) is 13.9 Å². The number of halogens is 1. The van der Waals surface area contributed by atoms with Crippen LogP contribution >= 0.6 is 15.9 Å². The number of hydrogen-bond donors (Lipinski definition) is 1. The van der Waals surface area contributed by atoms with Crippen molar-refractivity contribution in [3.05, 3.63) is 82.8 Å². The summed E-state index contributed by atoms with van der Waals surface area (Å²) >= 11 is 3.34. The van der Waals surface area contributed by atoms with Crippen molar-refractivity contribution in [3.63, 3.8) is 0 Å². The van der Waals surface area contributed by atoms with E-state index in [4.69, 9.17) is 9.47 Å². The van der Waals surface area contributed by atoms with Crippen LogP contribution in [0.4, 0.5) is 5.69 Å². The highest BCUT2D eigenvalue weighted by Crippen LogP contribution is 2.27. The Balaban J connectivity index is 2.01. The Labute approximate surface area is 257 Å². The number of ether oxygens (including phenoxy) is 2. The van der Waals surface area contributed by atoms with Gasteiger partial charge < -0.3 is 19.7 Å². The van der Waals surface area contributed by atoms with Gasteiger partial charge in [-0.2, -0.15) is 0 Å². The second-order valence-electron chi connectivity index (χ2n) is 10.1. The van der Waals surface area contributed by atoms with Crippen molar-refractivity contribution in [2.24, 2.45) is 5.92 Å². The Morgan fingerprint density at radius 3 is 2.05 bits per heavy atom. The fourth-order valence-electron chi connectivity index (χ4n) is 4.10. The molecule has 0 heterocycles. The smallest absolute Gasteiger partial charge is 0.264 e. The number of carbonyl (C=O) groups excluding carboxylic acids is 2. The van der Waals surface area contributed by atoms with Crippen LogP contribution in [-0.2, 0) is 26.2 Å². The zero-order valence-electron chi connectivity index (χ0n) is 24.5. The maximum absolute atomic E-state index is 14.0. The van der Waals surface area contributed by atoms with Crippen LogP contribution in [0.1, 0.15) is 33.3 Å². The first-order valence-electron chi connectivity index (χ1n) is 13.7. The summed E-state index contributed by atoms with van der Waals surface area (Å²) in [5.41, 5.74) is 1.05. The van der Waals surface area contributed by atoms with E-state index in [9.17, 15) is 18.0 Å². The van der Waals surface area contributed by atoms with Gasteiger partial charge in [-0.1, -0.05) is 41.9 Å². The van der Waals surface area contributed by atoms with Gasteiger partial charge in [-0.15, -0.1) is 0 Å². The Hall–Kier alpha value is -3.57. The molecule has 3 aromatic carbocycles. The highest BCUT2D eigenvalue weighted by molar-refractivity contribution is 9.10. The number of nitrogens with one attached hydrogen (secondary N) is 1. The topological polar surface area (TPSA) is 105 Å². The quantitative estimate of drug-likeness (QED) is 0.254. The van der Waals surface area contributed by atoms with Gasteiger partial charge in [0.2, 0.25) is 11.8 Å². The van der Waals surface area contributed by atoms with Crippen molar-refractivity contribution in [1.29, 1.82) is 0 Å². The molecule has 0 aromatic heterocycles. The first-order valence-corrected chi connectivity index (χ1v) is 15.9. The molecule has 0 aliphatic rings. The van der Waals surface area contributed by atoms with Crippen molar-refractivity contribution in [2.75, 3.05) is 31.1 Å². The van der Waals surface area contributed by atoms with Gasteiger partial charge in [0.05, 0.1) is 24.3 Å². The third-order valence-electron chi connectivity index (χ3n) is 6.48. The Kier molecular flexibility index (Phi) is 11.8. The molecule has 0 aliphatic heterocycles. The van der Waals surface area contributed by atoms with E-state index in [1.807, 2.05) is 20.8 Å². The lowest BCUT2D eigenvalue weighted by molar-refractivity contribution is -0.139. The van der Waals surface area contributed by atoms with Crippen molar-refractivity contribution in [2.45, 2.75) is 45.2 Å². The molecule has 226 valence electrons. The molecule has 0 fully saturated rings. The standard InChI is InChI=1S/C31H38BrN3O6S/c1-6-41-28-15-11-26(12-16-28)35(42(38,39)29-17-9-25(32)10-18-29)21-30(36)34(23(4)31(37)33-19-22(2)3)20-24-7-13-27(40-5)14-8-24/h7-18,22-23H,6,19-21H2,1-5H3,(H,33,37)/t23-/m1/s1. The Morgan fingerprint density at radius 2 is 1.50 bits per heavy atom. The van der Waals surface area contributed by atoms with E-state index < -0.39 is 28.5 Å². The Bertz CT molecular complexity index is 1430. The number of nitrogens with zero attached hydrogens (tertiary/aromatic N) is 2. The molecule has 0 radical (unpaired) electrons. The SMILES string of the molecule is CCOc1ccc(N(CC(=O)N(Cc2ccc(OC)cc2)[C@H](C)C(=O)NCC(C)C)S(=O)(=O)c2ccc(Br)cc2)cc1. The largest absolute Gasteiger partial charge is 0.497 e. The second kappa shape index (κ2) is 15.1. The normalized spacial score (nSPS) is 12.0. The minimum atomic E-state index is -4.17. The van der Waals surface area contributed by atoms with Gasteiger partial charge in [0.1, 0.15) is 24.1 Å². The molecule has 1 N–H and O–H groups in total. The number of amides is 2. The number of benzene rings is 3. The first kappa shape index (κ1) is 32.9. The third kappa shape index (κ3) is 8.72. The highest BCUT2D eigenvalue weighted by atomic mass is 79.9. The van der Waals surface area contributed by atoms with E-state index in [0.717, 1.165) is 14.3 Å². The molecule has 0 saturated carbocycles. The molecular formula is C31H38BrN3O6S. The molecule has 3 aromatic rings. The van der Waals surface area contributed by atoms with E-state index in [-0.39, 0.29) is 29.0 Å². The number of methoxy groups -OCH3 is 1. The maximum atomic E-state index is 14.0. The predicted octanol–water partition coefficient (Wildman–Crippen LogP) is 5.24. The molecule has 0 saturated heterocycles. The molecule has 11 heteroatoms. The summed E-state index contributed by atoms with van der Waals surface area (Å²) in [4.78, 5) is 28.6. The van der Waals surface area contributed by atoms with Crippen LogP contribution in [0, 0.1) is 5.92 Å². The Morgan fingerprint density at radius 1 is 0.905 bits per heavy atom. The summed E-state index contributed by atoms with van der Waals surface area (Å²) in [7, 11) is -2.60. The summed E-state index contributed by atoms with van der Waals surface area (Å²) < 4.78 is 40.4. The van der Waals surface area contributed by atoms with Crippen molar-refractivity contribution in [3.8, 4) is 11.5 Å². The molecule has 0 unspecified atom stereocenters. The third-order valence-corrected chi connectivity index (χ3v) is 8.80. The average molecular weight is 661 g/mol. The maximum Gasteiger partial charge on any atom is 0.264 e. The van der Waals surface area contributed by atoms with Gasteiger partial charge in [0.25, 0.3) is 10.0 Å². The van der Waals surface area contributed by atoms with Crippen molar-refractivity contribution < 1.29 is 27.5 Å². The molecule has 0 aliphatic carbocycles. The summed E-state index contributed by atoms with van der Waals surface area (Å²) in [5.74, 6) is 0.589. The van der Waals surface area contributed by atoms with Gasteiger partial charge in [-0.25, -0.2) is 8.42 Å². The molecule has 0 bridgehead atoms. The lowest BCUT2D eigenvalue weighted by Crippen LogP contribution is -2.51. The molecule has 1 atom stereocenters. The van der Waals surface area contributed by atoms with Crippen LogP contribution in [0.3, 0.4) is 0 Å². The second-order valence-corrected chi connectivity index (χ2v) is 12.9. The zero-order valence-corrected chi connectivity index (χ0v) is 26.9. The first-order chi connectivity index (χ1) is 20.0. The van der Waals surface area contributed by atoms with E-state index in [2.05, 4.69) is 21.2 Å². The number of hydrogen-bond acceptors (Lipinski definition) is 6. The van der Waals surface area contributed by atoms with Crippen molar-refractivity contribution in [1.82, 2.24) is 10.2 Å². The number of rotatable bonds is 14. The van der Waals surface area contributed by atoms with Gasteiger partial charge in [0.15, 0.2) is 0 Å². The van der Waals surface area contributed by atoms with Gasteiger partial charge in [0, 0.05) is 17.6 Å². The van der Waals surface area contributed by atoms with Gasteiger partial charge >= 0.3 is 0 Å². The summed E-state index contributed by atoms with van der Waals surface area (Å²) in [6, 6.07) is 19.0. The van der Waals surface area contributed by atoms with Crippen molar-refractivity contribution >= 4 is 43.5 Å². The lowest BCUT2D eigenvalue weighted by atomic mass is 10.1. The highest BCUT2D eigenvalue weighted by Gasteiger charge is 2.32. The monoisotopic (exact) mass is 659 g/mol. The average Bonchev–Trinajstić information content (AvgIpc) is 2.98. The number of anilines is 1. The van der Waals surface area contributed by atoms with Crippen LogP contribution in [0.5, 0.6) is 11.5 Å². The minimum Gasteiger partial charge on any atom is -0.497 e. The van der Waals surface area contributed by atoms with E-state index in [0.29, 0.717) is 24.7 Å². The molecule has 3 rings (SSSR count). The van der Waals surface area contributed by atoms with Crippen LogP contribution in [0.2, 0.25) is 0 Å². The van der Waals surface area contributed by atoms with Crippen LogP contribution in [-0.4, -0.2) is 58.0 Å². The van der Waals surface area contributed by atoms with E-state index in [1.165, 1.54) is 17.0 Å². The van der Waals surface area contributed by atoms with Crippen LogP contribution in [0.15, 0.2) is 82.2 Å². The fraction of sp³-hybridized carbons (Fsp3) is 0.355. The lowest BCUT2D eigenvalue weighted by Gasteiger charge is -2.32. The summed E-state index contributed by atoms with van der Waals surface area (Å²) in [6.07, 6.45) is 0. The van der Waals surface area contributed by atoms with Gasteiger partial charge in [-0.05, 0) is 86.0 Å². The molecule has 9 nitrogen and oxygen atoms in total. The molecule has 42 heavy (non-hydrogen) atoms. The summed E-state index contributed by atoms with van der Waals surface area (Å²) in [6.45, 7) is 7.92. The van der Waals surface area contributed by atoms with E-state index in [1.54, 1.807) is 74.7 Å². The molecule has 2 amide bonds. The minimum absolute atomic E-state index is 0.0248. The molecule has 0 spiro atoms. The molecular weight excluding hydrogens is 622 g/mol. The zero-order chi connectivity index (χ0) is 30.9. The van der Waals surface area contributed by atoms with Crippen LogP contribution < -0.4 is 19.1 Å². The number of carbonyl (C=O) groups is 2. The van der Waals surface area contributed by atoms with Crippen LogP contribution in [0.25, 0.3) is 0 Å². The summed E-state index contributed by atoms with van der Waals surface area (Å²) in [5, 5.41) is 2.88. The fourth-order valence-corrected chi connectivity index (χ4v) is 5.78. The van der Waals surface area contributed by atoms with E-state index >= 15 is 0 Å².